The Kier molecular flexibility index (Phi) is 6.70. The van der Waals surface area contributed by atoms with Crippen LogP contribution < -0.4 is 33.5 Å². The number of benzene rings is 2. The van der Waals surface area contributed by atoms with Crippen molar-refractivity contribution in [2.24, 2.45) is 5.92 Å². The molecule has 2 aromatic carbocycles. The van der Waals surface area contributed by atoms with Gasteiger partial charge in [0.1, 0.15) is 23.5 Å². The summed E-state index contributed by atoms with van der Waals surface area (Å²) >= 11 is 0. The lowest BCUT2D eigenvalue weighted by molar-refractivity contribution is -0.950. The van der Waals surface area contributed by atoms with Gasteiger partial charge in [-0.05, 0) is 61.1 Å². The van der Waals surface area contributed by atoms with Crippen molar-refractivity contribution in [3.63, 3.8) is 0 Å². The summed E-state index contributed by atoms with van der Waals surface area (Å²) < 4.78 is 12.9. The van der Waals surface area contributed by atoms with Gasteiger partial charge in [0.05, 0.1) is 38.7 Å². The minimum atomic E-state index is -0.942. The Morgan fingerprint density at radius 3 is 2.77 bits per heavy atom. The van der Waals surface area contributed by atoms with Crippen molar-refractivity contribution in [1.82, 2.24) is 4.90 Å². The number of quaternary nitrogens is 1. The fraction of sp³-hybridized carbons (Fsp3) is 0.531. The molecular weight excluding hydrogens is 619 g/mol. The van der Waals surface area contributed by atoms with E-state index in [9.17, 15) is 15.0 Å². The number of carbonyl (C=O) groups is 1. The lowest BCUT2D eigenvalue weighted by Crippen LogP contribution is -3.00. The third-order valence-corrected chi connectivity index (χ3v) is 10.8. The van der Waals surface area contributed by atoms with Gasteiger partial charge in [-0.3, -0.25) is 4.79 Å². The van der Waals surface area contributed by atoms with Crippen molar-refractivity contribution in [1.29, 1.82) is 0 Å². The average Bonchev–Trinajstić information content (AvgIpc) is 3.66. The third-order valence-electron chi connectivity index (χ3n) is 10.8. The van der Waals surface area contributed by atoms with Gasteiger partial charge in [0.2, 0.25) is 5.91 Å². The van der Waals surface area contributed by atoms with E-state index in [2.05, 4.69) is 7.05 Å². The number of aromatic hydroxyl groups is 1. The number of amides is 1. The van der Waals surface area contributed by atoms with Crippen LogP contribution in [0.5, 0.6) is 17.2 Å². The van der Waals surface area contributed by atoms with Gasteiger partial charge in [0.15, 0.2) is 11.5 Å². The van der Waals surface area contributed by atoms with Crippen LogP contribution in [0.4, 0.5) is 0 Å². The van der Waals surface area contributed by atoms with E-state index >= 15 is 0 Å². The highest BCUT2D eigenvalue weighted by Crippen LogP contribution is 2.66. The Morgan fingerprint density at radius 2 is 2.02 bits per heavy atom. The number of hydrogen-bond acceptors (Lipinski definition) is 5. The summed E-state index contributed by atoms with van der Waals surface area (Å²) in [5, 5.41) is 23.7. The van der Waals surface area contributed by atoms with E-state index in [1.54, 1.807) is 24.2 Å². The van der Waals surface area contributed by atoms with Crippen LogP contribution in [0.2, 0.25) is 0 Å². The smallest absolute Gasteiger partial charge is 0.246 e. The third kappa shape index (κ3) is 3.85. The van der Waals surface area contributed by atoms with Gasteiger partial charge < -0.3 is 53.0 Å². The number of carbonyl (C=O) groups excluding carboxylic acids is 1. The summed E-state index contributed by atoms with van der Waals surface area (Å²) in [5.41, 5.74) is 1.51. The molecule has 0 aromatic heterocycles. The largest absolute Gasteiger partial charge is 1.00 e. The maximum absolute atomic E-state index is 13.5. The minimum Gasteiger partial charge on any atom is -1.00 e. The number of aliphatic hydroxyl groups is 1. The molecule has 1 saturated heterocycles. The van der Waals surface area contributed by atoms with Crippen molar-refractivity contribution in [2.45, 2.75) is 67.7 Å². The summed E-state index contributed by atoms with van der Waals surface area (Å²) in [5.74, 6) is 2.05. The Labute approximate surface area is 253 Å². The number of ether oxygens (including phenoxy) is 2. The van der Waals surface area contributed by atoms with Crippen molar-refractivity contribution < 1.29 is 52.9 Å². The molecule has 2 bridgehead atoms. The van der Waals surface area contributed by atoms with E-state index < -0.39 is 17.1 Å². The number of rotatable bonds is 6. The van der Waals surface area contributed by atoms with Gasteiger partial charge in [-0.2, -0.15) is 0 Å². The number of methoxy groups -OCH3 is 1. The molecule has 1 unspecified atom stereocenters. The predicted octanol–water partition coefficient (Wildman–Crippen LogP) is 0.654. The van der Waals surface area contributed by atoms with Crippen molar-refractivity contribution in [3.05, 3.63) is 59.2 Å². The minimum absolute atomic E-state index is 0. The second-order valence-electron chi connectivity index (χ2n) is 12.8. The first-order valence-electron chi connectivity index (χ1n) is 14.4. The molecule has 1 spiro atoms. The van der Waals surface area contributed by atoms with Gasteiger partial charge in [0.25, 0.3) is 0 Å². The zero-order chi connectivity index (χ0) is 27.2. The van der Waals surface area contributed by atoms with Crippen molar-refractivity contribution in [3.8, 4) is 17.2 Å². The van der Waals surface area contributed by atoms with Gasteiger partial charge in [0, 0.05) is 37.4 Å². The van der Waals surface area contributed by atoms with E-state index in [0.717, 1.165) is 53.2 Å². The molecule has 2 aromatic rings. The molecule has 5 aliphatic rings. The van der Waals surface area contributed by atoms with Crippen LogP contribution in [-0.2, 0) is 16.6 Å². The molecule has 7 nitrogen and oxygen atoms in total. The second kappa shape index (κ2) is 9.63. The quantitative estimate of drug-likeness (QED) is 0.271. The highest BCUT2D eigenvalue weighted by atomic mass is 127. The van der Waals surface area contributed by atoms with Crippen LogP contribution in [0.3, 0.4) is 0 Å². The molecule has 6 atom stereocenters. The zero-order valence-electron chi connectivity index (χ0n) is 23.5. The first-order chi connectivity index (χ1) is 18.7. The highest BCUT2D eigenvalue weighted by molar-refractivity contribution is 5.92. The highest BCUT2D eigenvalue weighted by Gasteiger charge is 2.76. The number of nitrogens with zero attached hydrogens (tertiary/aromatic N) is 2. The monoisotopic (exact) mass is 658 g/mol. The number of phenolic OH excluding ortho intramolecular Hbond substituents is 1. The Hall–Kier alpha value is -2.30. The molecular formula is C32H39IN2O5. The lowest BCUT2D eigenvalue weighted by atomic mass is 9.47. The molecule has 2 saturated carbocycles. The molecule has 3 aliphatic carbocycles. The average molecular weight is 659 g/mol. The standard InChI is InChI=1S/C32H38N2O5.HI/c1-33(27(36)12-9-20-5-4-6-23(17-20)38-3)24-13-14-32(37)26-18-22-10-11-25(35)29-28(22)31(32,30(24)39-29)15-16-34(26,2)19-21-7-8-21;/h4-6,9-12,17,21,24,26,30,37H,7-8,13-16,18-19H2,1-3H3;1H/b12-9+;/t24-,26+,30+,31+,32-,34?;/m1./s1. The molecule has 214 valence electrons. The van der Waals surface area contributed by atoms with Crippen LogP contribution in [0.15, 0.2) is 42.5 Å². The fourth-order valence-corrected chi connectivity index (χ4v) is 8.72. The molecule has 2 aliphatic heterocycles. The number of likely N-dealkylation sites (N-methyl/N-ethyl adjacent to an activating group) is 2. The van der Waals surface area contributed by atoms with Crippen LogP contribution in [0.25, 0.3) is 6.08 Å². The first-order valence-corrected chi connectivity index (χ1v) is 14.4. The molecule has 3 fully saturated rings. The number of piperidine rings is 1. The SMILES string of the molecule is COc1cccc(/C=C/C(=O)N(C)[C@@H]2CC[C@@]3(O)[C@@H]4Cc5ccc(O)c6c5[C@@]3(CC[N+]4(C)CC3CC3)[C@H]2O6)c1.[I-]. The Balaban J connectivity index is 0.00000289. The van der Waals surface area contributed by atoms with Gasteiger partial charge >= 0.3 is 0 Å². The van der Waals surface area contributed by atoms with Gasteiger partial charge in [-0.1, -0.05) is 18.2 Å². The number of hydrogen-bond donors (Lipinski definition) is 2. The van der Waals surface area contributed by atoms with E-state index in [1.165, 1.54) is 18.4 Å². The lowest BCUT2D eigenvalue weighted by Gasteiger charge is -2.66. The Bertz CT molecular complexity index is 1380. The van der Waals surface area contributed by atoms with Crippen molar-refractivity contribution in [2.75, 3.05) is 34.3 Å². The van der Waals surface area contributed by atoms with Crippen LogP contribution in [0.1, 0.15) is 48.8 Å². The zero-order valence-corrected chi connectivity index (χ0v) is 25.6. The van der Waals surface area contributed by atoms with Crippen molar-refractivity contribution >= 4 is 12.0 Å². The molecule has 1 amide bonds. The molecule has 8 heteroatoms. The second-order valence-corrected chi connectivity index (χ2v) is 12.8. The maximum Gasteiger partial charge on any atom is 0.246 e. The number of likely N-dealkylation sites (tertiary alicyclic amines) is 1. The molecule has 0 radical (unpaired) electrons. The Morgan fingerprint density at radius 1 is 1.23 bits per heavy atom. The fourth-order valence-electron chi connectivity index (χ4n) is 8.72. The summed E-state index contributed by atoms with van der Waals surface area (Å²) in [4.78, 5) is 15.3. The molecule has 40 heavy (non-hydrogen) atoms. The van der Waals surface area contributed by atoms with E-state index in [-0.39, 0.29) is 47.7 Å². The van der Waals surface area contributed by atoms with Crippen LogP contribution in [-0.4, -0.2) is 83.6 Å². The van der Waals surface area contributed by atoms with E-state index in [1.807, 2.05) is 43.5 Å². The van der Waals surface area contributed by atoms with Gasteiger partial charge in [-0.15, -0.1) is 0 Å². The summed E-state index contributed by atoms with van der Waals surface area (Å²) in [6.07, 6.45) is 8.45. The molecule has 2 heterocycles. The normalized spacial score (nSPS) is 35.0. The van der Waals surface area contributed by atoms with E-state index in [0.29, 0.717) is 18.6 Å². The van der Waals surface area contributed by atoms with Gasteiger partial charge in [-0.25, -0.2) is 0 Å². The summed E-state index contributed by atoms with van der Waals surface area (Å²) in [6.45, 7) is 2.09. The van der Waals surface area contributed by atoms with E-state index in [4.69, 9.17) is 9.47 Å². The molecule has 2 N–H and O–H groups in total. The predicted molar refractivity (Wildman–Crippen MR) is 148 cm³/mol. The van der Waals surface area contributed by atoms with Crippen LogP contribution >= 0.6 is 0 Å². The summed E-state index contributed by atoms with van der Waals surface area (Å²) in [7, 11) is 5.81. The number of phenols is 1. The topological polar surface area (TPSA) is 79.2 Å². The number of halogens is 1. The summed E-state index contributed by atoms with van der Waals surface area (Å²) in [6, 6.07) is 11.3. The first kappa shape index (κ1) is 27.8. The molecule has 7 rings (SSSR count). The maximum atomic E-state index is 13.5. The van der Waals surface area contributed by atoms with Crippen LogP contribution in [0, 0.1) is 5.92 Å².